The van der Waals surface area contributed by atoms with Crippen molar-refractivity contribution in [2.24, 2.45) is 5.41 Å². The Morgan fingerprint density at radius 3 is 3.06 bits per heavy atom. The van der Waals surface area contributed by atoms with E-state index in [1.165, 1.54) is 19.3 Å². The highest BCUT2D eigenvalue weighted by molar-refractivity contribution is 5.25. The van der Waals surface area contributed by atoms with E-state index in [0.29, 0.717) is 17.2 Å². The van der Waals surface area contributed by atoms with Crippen LogP contribution < -0.4 is 5.32 Å². The molecule has 1 aromatic rings. The number of hydrogen-bond donors (Lipinski definition) is 1. The lowest BCUT2D eigenvalue weighted by Gasteiger charge is -2.17. The van der Waals surface area contributed by atoms with E-state index in [4.69, 9.17) is 5.26 Å². The maximum atomic E-state index is 8.78. The average molecular weight is 229 g/mol. The lowest BCUT2D eigenvalue weighted by Crippen LogP contribution is -2.26. The van der Waals surface area contributed by atoms with Crippen molar-refractivity contribution < 1.29 is 0 Å². The van der Waals surface area contributed by atoms with Crippen LogP contribution in [0.2, 0.25) is 0 Å². The van der Waals surface area contributed by atoms with Crippen molar-refractivity contribution in [3.8, 4) is 6.07 Å². The second-order valence-corrected chi connectivity index (χ2v) is 5.65. The Labute approximate surface area is 103 Å². The Balaban J connectivity index is 1.88. The van der Waals surface area contributed by atoms with Crippen LogP contribution in [-0.4, -0.2) is 11.0 Å². The summed E-state index contributed by atoms with van der Waals surface area (Å²) in [7, 11) is 0. The van der Waals surface area contributed by atoms with Crippen molar-refractivity contribution in [3.63, 3.8) is 0 Å². The van der Waals surface area contributed by atoms with E-state index in [9.17, 15) is 0 Å². The second-order valence-electron chi connectivity index (χ2n) is 5.65. The van der Waals surface area contributed by atoms with Crippen LogP contribution in [0.3, 0.4) is 0 Å². The Hall–Kier alpha value is -1.40. The number of pyridine rings is 1. The van der Waals surface area contributed by atoms with Gasteiger partial charge in [0.15, 0.2) is 0 Å². The molecule has 0 aromatic carbocycles. The number of nitrogens with one attached hydrogen (secondary N) is 1. The third-order valence-corrected chi connectivity index (χ3v) is 3.50. The molecule has 0 spiro atoms. The van der Waals surface area contributed by atoms with Crippen LogP contribution in [0.25, 0.3) is 0 Å². The summed E-state index contributed by atoms with van der Waals surface area (Å²) < 4.78 is 0. The predicted molar refractivity (Wildman–Crippen MR) is 67.2 cm³/mol. The first-order chi connectivity index (χ1) is 8.09. The molecule has 0 saturated heterocycles. The van der Waals surface area contributed by atoms with Gasteiger partial charge in [0.1, 0.15) is 11.8 Å². The van der Waals surface area contributed by atoms with Crippen molar-refractivity contribution in [1.82, 2.24) is 10.3 Å². The molecule has 1 aliphatic rings. The average Bonchev–Trinajstić information content (AvgIpc) is 2.67. The summed E-state index contributed by atoms with van der Waals surface area (Å²) in [5, 5.41) is 12.3. The van der Waals surface area contributed by atoms with Crippen molar-refractivity contribution in [2.45, 2.75) is 45.7 Å². The number of rotatable bonds is 3. The molecule has 0 bridgehead atoms. The molecule has 1 heterocycles. The molecule has 1 unspecified atom stereocenters. The zero-order chi connectivity index (χ0) is 12.3. The van der Waals surface area contributed by atoms with E-state index in [0.717, 1.165) is 12.1 Å². The quantitative estimate of drug-likeness (QED) is 0.866. The van der Waals surface area contributed by atoms with Gasteiger partial charge in [-0.25, -0.2) is 4.98 Å². The molecule has 1 N–H and O–H groups in total. The van der Waals surface area contributed by atoms with Crippen LogP contribution in [0.15, 0.2) is 18.3 Å². The van der Waals surface area contributed by atoms with Gasteiger partial charge in [0.05, 0.1) is 0 Å². The third-order valence-electron chi connectivity index (χ3n) is 3.50. The van der Waals surface area contributed by atoms with Gasteiger partial charge in [-0.05, 0) is 42.4 Å². The minimum atomic E-state index is 0.480. The van der Waals surface area contributed by atoms with Gasteiger partial charge in [-0.3, -0.25) is 0 Å². The van der Waals surface area contributed by atoms with Crippen LogP contribution in [0.1, 0.15) is 44.4 Å². The standard InChI is InChI=1S/C14H19N3/c1-14(2)5-3-12(8-14)17-10-11-4-6-16-13(7-11)9-15/h4,6-7,12,17H,3,5,8,10H2,1-2H3. The molecule has 1 saturated carbocycles. The first kappa shape index (κ1) is 12.1. The summed E-state index contributed by atoms with van der Waals surface area (Å²) in [5.41, 5.74) is 2.12. The lowest BCUT2D eigenvalue weighted by atomic mass is 9.92. The Morgan fingerprint density at radius 1 is 1.59 bits per heavy atom. The predicted octanol–water partition coefficient (Wildman–Crippen LogP) is 2.62. The molecule has 90 valence electrons. The van der Waals surface area contributed by atoms with Crippen LogP contribution in [0.5, 0.6) is 0 Å². The molecule has 3 nitrogen and oxygen atoms in total. The molecule has 1 aliphatic carbocycles. The second kappa shape index (κ2) is 4.85. The fourth-order valence-corrected chi connectivity index (χ4v) is 2.52. The molecule has 2 rings (SSSR count). The third kappa shape index (κ3) is 3.28. The summed E-state index contributed by atoms with van der Waals surface area (Å²) in [6.45, 7) is 5.49. The van der Waals surface area contributed by atoms with E-state index in [1.54, 1.807) is 6.20 Å². The van der Waals surface area contributed by atoms with Gasteiger partial charge in [-0.15, -0.1) is 0 Å². The molecule has 0 amide bonds. The number of hydrogen-bond acceptors (Lipinski definition) is 3. The van der Waals surface area contributed by atoms with Gasteiger partial charge >= 0.3 is 0 Å². The monoisotopic (exact) mass is 229 g/mol. The van der Waals surface area contributed by atoms with Crippen molar-refractivity contribution in [1.29, 1.82) is 5.26 Å². The summed E-state index contributed by atoms with van der Waals surface area (Å²) >= 11 is 0. The highest BCUT2D eigenvalue weighted by Gasteiger charge is 2.30. The summed E-state index contributed by atoms with van der Waals surface area (Å²) in [6, 6.07) is 6.50. The number of nitrogens with zero attached hydrogens (tertiary/aromatic N) is 2. The fourth-order valence-electron chi connectivity index (χ4n) is 2.52. The highest BCUT2D eigenvalue weighted by atomic mass is 14.9. The minimum absolute atomic E-state index is 0.480. The van der Waals surface area contributed by atoms with Gasteiger partial charge in [0.25, 0.3) is 0 Å². The van der Waals surface area contributed by atoms with E-state index in [2.05, 4.69) is 30.2 Å². The van der Waals surface area contributed by atoms with Crippen molar-refractivity contribution >= 4 is 0 Å². The first-order valence-corrected chi connectivity index (χ1v) is 6.17. The van der Waals surface area contributed by atoms with Gasteiger partial charge in [-0.2, -0.15) is 5.26 Å². The van der Waals surface area contributed by atoms with Crippen LogP contribution in [0, 0.1) is 16.7 Å². The molecule has 0 aliphatic heterocycles. The zero-order valence-corrected chi connectivity index (χ0v) is 10.5. The molecule has 1 fully saturated rings. The minimum Gasteiger partial charge on any atom is -0.310 e. The molecule has 0 radical (unpaired) electrons. The Bertz CT molecular complexity index is 431. The smallest absolute Gasteiger partial charge is 0.140 e. The van der Waals surface area contributed by atoms with Crippen LogP contribution >= 0.6 is 0 Å². The first-order valence-electron chi connectivity index (χ1n) is 6.17. The SMILES string of the molecule is CC1(C)CCC(NCc2ccnc(C#N)c2)C1. The molecular weight excluding hydrogens is 210 g/mol. The number of aromatic nitrogens is 1. The van der Waals surface area contributed by atoms with Crippen LogP contribution in [0.4, 0.5) is 0 Å². The topological polar surface area (TPSA) is 48.7 Å². The summed E-state index contributed by atoms with van der Waals surface area (Å²) in [5.74, 6) is 0. The Kier molecular flexibility index (Phi) is 3.44. The maximum absolute atomic E-state index is 8.78. The van der Waals surface area contributed by atoms with Gasteiger partial charge < -0.3 is 5.32 Å². The van der Waals surface area contributed by atoms with E-state index in [1.807, 2.05) is 12.1 Å². The largest absolute Gasteiger partial charge is 0.310 e. The fraction of sp³-hybridized carbons (Fsp3) is 0.571. The van der Waals surface area contributed by atoms with Crippen molar-refractivity contribution in [3.05, 3.63) is 29.6 Å². The maximum Gasteiger partial charge on any atom is 0.140 e. The normalized spacial score (nSPS) is 22.3. The van der Waals surface area contributed by atoms with Crippen LogP contribution in [-0.2, 0) is 6.54 Å². The van der Waals surface area contributed by atoms with Gasteiger partial charge in [-0.1, -0.05) is 13.8 Å². The summed E-state index contributed by atoms with van der Waals surface area (Å²) in [4.78, 5) is 3.97. The van der Waals surface area contributed by atoms with E-state index >= 15 is 0 Å². The van der Waals surface area contributed by atoms with E-state index < -0.39 is 0 Å². The molecule has 1 atom stereocenters. The van der Waals surface area contributed by atoms with E-state index in [-0.39, 0.29) is 0 Å². The molecular formula is C14H19N3. The van der Waals surface area contributed by atoms with Gasteiger partial charge in [0, 0.05) is 18.8 Å². The molecule has 17 heavy (non-hydrogen) atoms. The number of nitriles is 1. The Morgan fingerprint density at radius 2 is 2.41 bits per heavy atom. The zero-order valence-electron chi connectivity index (χ0n) is 10.5. The molecule has 3 heteroatoms. The summed E-state index contributed by atoms with van der Waals surface area (Å²) in [6.07, 6.45) is 5.49. The lowest BCUT2D eigenvalue weighted by molar-refractivity contribution is 0.364. The van der Waals surface area contributed by atoms with Crippen molar-refractivity contribution in [2.75, 3.05) is 0 Å². The molecule has 1 aromatic heterocycles. The van der Waals surface area contributed by atoms with Gasteiger partial charge in [0.2, 0.25) is 0 Å². The highest BCUT2D eigenvalue weighted by Crippen LogP contribution is 2.36.